The van der Waals surface area contributed by atoms with Crippen molar-refractivity contribution in [3.8, 4) is 5.75 Å². The zero-order valence-electron chi connectivity index (χ0n) is 28.4. The monoisotopic (exact) mass is 706 g/mol. The van der Waals surface area contributed by atoms with E-state index in [1.54, 1.807) is 42.5 Å². The predicted octanol–water partition coefficient (Wildman–Crippen LogP) is 0.826. The average Bonchev–Trinajstić information content (AvgIpc) is 3.14. The van der Waals surface area contributed by atoms with Crippen molar-refractivity contribution in [2.75, 3.05) is 13.1 Å². The Bertz CT molecular complexity index is 1930. The summed E-state index contributed by atoms with van der Waals surface area (Å²) < 4.78 is 0. The lowest BCUT2D eigenvalue weighted by atomic mass is 10.00. The van der Waals surface area contributed by atoms with Gasteiger partial charge in [0.25, 0.3) is 0 Å². The van der Waals surface area contributed by atoms with Crippen molar-refractivity contribution >= 4 is 46.3 Å². The zero-order chi connectivity index (χ0) is 37.0. The molecule has 14 nitrogen and oxygen atoms in total. The average molecular weight is 707 g/mol. The number of nitrogens with one attached hydrogen (secondary N) is 5. The van der Waals surface area contributed by atoms with Gasteiger partial charge in [-0.2, -0.15) is 0 Å². The highest BCUT2D eigenvalue weighted by Gasteiger charge is 2.33. The highest BCUT2D eigenvalue weighted by atomic mass is 16.3. The van der Waals surface area contributed by atoms with Crippen LogP contribution in [0, 0.1) is 0 Å². The minimum Gasteiger partial charge on any atom is -0.508 e. The van der Waals surface area contributed by atoms with Crippen LogP contribution in [-0.4, -0.2) is 71.8 Å². The van der Waals surface area contributed by atoms with Gasteiger partial charge >= 0.3 is 0 Å². The number of amides is 5. The molecule has 0 unspecified atom stereocenters. The van der Waals surface area contributed by atoms with Crippen LogP contribution in [0.1, 0.15) is 35.6 Å². The van der Waals surface area contributed by atoms with Gasteiger partial charge in [0.15, 0.2) is 5.96 Å². The molecule has 1 aliphatic heterocycles. The number of carbonyl (C=O) groups is 5. The number of phenols is 1. The van der Waals surface area contributed by atoms with Crippen molar-refractivity contribution in [3.63, 3.8) is 0 Å². The van der Waals surface area contributed by atoms with Gasteiger partial charge in [0.05, 0.1) is 6.54 Å². The third-order valence-electron chi connectivity index (χ3n) is 8.60. The van der Waals surface area contributed by atoms with Crippen LogP contribution in [0.25, 0.3) is 10.8 Å². The number of benzene rings is 4. The molecule has 1 heterocycles. The molecule has 0 spiro atoms. The van der Waals surface area contributed by atoms with E-state index in [0.717, 1.165) is 16.3 Å². The topological polar surface area (TPSA) is 230 Å². The van der Waals surface area contributed by atoms with Crippen LogP contribution in [-0.2, 0) is 36.8 Å². The van der Waals surface area contributed by atoms with Gasteiger partial charge in [0.2, 0.25) is 29.5 Å². The first-order chi connectivity index (χ1) is 25.0. The Kier molecular flexibility index (Phi) is 12.4. The Morgan fingerprint density at radius 1 is 0.654 bits per heavy atom. The van der Waals surface area contributed by atoms with Crippen molar-refractivity contribution < 1.29 is 29.1 Å². The van der Waals surface area contributed by atoms with Gasteiger partial charge in [-0.05, 0) is 52.4 Å². The molecular weight excluding hydrogens is 664 g/mol. The summed E-state index contributed by atoms with van der Waals surface area (Å²) in [5.41, 5.74) is 12.8. The summed E-state index contributed by atoms with van der Waals surface area (Å²) in [6.07, 6.45) is 0.479. The van der Waals surface area contributed by atoms with Crippen LogP contribution in [0.2, 0.25) is 0 Å². The molecule has 0 radical (unpaired) electrons. The molecule has 1 fully saturated rings. The van der Waals surface area contributed by atoms with Crippen molar-refractivity contribution in [1.29, 1.82) is 0 Å². The zero-order valence-corrected chi connectivity index (χ0v) is 28.4. The van der Waals surface area contributed by atoms with E-state index >= 15 is 0 Å². The molecule has 0 saturated carbocycles. The lowest BCUT2D eigenvalue weighted by Gasteiger charge is -2.26. The Hall–Kier alpha value is -6.44. The van der Waals surface area contributed by atoms with Gasteiger partial charge in [-0.25, -0.2) is 0 Å². The molecule has 4 aromatic carbocycles. The third-order valence-corrected chi connectivity index (χ3v) is 8.60. The summed E-state index contributed by atoms with van der Waals surface area (Å²) in [6.45, 7) is -0.321. The van der Waals surface area contributed by atoms with Gasteiger partial charge < -0.3 is 43.2 Å². The largest absolute Gasteiger partial charge is 0.508 e. The number of guanidine groups is 1. The van der Waals surface area contributed by atoms with Gasteiger partial charge in [0.1, 0.15) is 29.9 Å². The predicted molar refractivity (Wildman–Crippen MR) is 196 cm³/mol. The number of fused-ring (bicyclic) bond motifs is 1. The fraction of sp³-hybridized carbons (Fsp3) is 0.263. The summed E-state index contributed by atoms with van der Waals surface area (Å²) in [7, 11) is 0. The number of aromatic hydroxyl groups is 1. The molecule has 52 heavy (non-hydrogen) atoms. The first-order valence-corrected chi connectivity index (χ1v) is 16.9. The van der Waals surface area contributed by atoms with E-state index in [0.29, 0.717) is 17.5 Å². The van der Waals surface area contributed by atoms with Crippen molar-refractivity contribution in [3.05, 3.63) is 114 Å². The van der Waals surface area contributed by atoms with Crippen LogP contribution < -0.4 is 38.1 Å². The Labute approximate surface area is 300 Å². The lowest BCUT2D eigenvalue weighted by Crippen LogP contribution is -2.56. The number of hydrogen-bond acceptors (Lipinski definition) is 7. The number of carbonyl (C=O) groups excluding carboxylic acids is 5. The highest BCUT2D eigenvalue weighted by molar-refractivity contribution is 5.97. The molecule has 1 saturated heterocycles. The first-order valence-electron chi connectivity index (χ1n) is 16.9. The maximum Gasteiger partial charge on any atom is 0.247 e. The quantitative estimate of drug-likeness (QED) is 0.0704. The van der Waals surface area contributed by atoms with E-state index in [4.69, 9.17) is 11.5 Å². The Balaban J connectivity index is 1.49. The van der Waals surface area contributed by atoms with E-state index in [-0.39, 0.29) is 37.5 Å². The van der Waals surface area contributed by atoms with Gasteiger partial charge in [-0.15, -0.1) is 0 Å². The van der Waals surface area contributed by atoms with E-state index < -0.39 is 60.2 Å². The molecular formula is C38H42N8O6. The second kappa shape index (κ2) is 17.5. The van der Waals surface area contributed by atoms with Crippen LogP contribution in [0.5, 0.6) is 5.75 Å². The SMILES string of the molecule is NC(N)=NCCC[C@@H]1NC(=O)[C@H](c2ccccc2)NC(=O)[C@@H](Cc2ccc(O)cc2)NC(=O)CNC(=O)[C@H](Cc2ccc3ccccc3c2)NC1=O. The number of nitrogens with zero attached hydrogens (tertiary/aromatic N) is 1. The van der Waals surface area contributed by atoms with Crippen molar-refractivity contribution in [2.45, 2.75) is 49.9 Å². The fourth-order valence-electron chi connectivity index (χ4n) is 5.91. The maximum absolute atomic E-state index is 14.1. The van der Waals surface area contributed by atoms with Crippen molar-refractivity contribution in [2.24, 2.45) is 16.5 Å². The molecule has 4 aromatic rings. The third kappa shape index (κ3) is 10.3. The van der Waals surface area contributed by atoms with Crippen LogP contribution in [0.15, 0.2) is 102 Å². The molecule has 5 rings (SSSR count). The van der Waals surface area contributed by atoms with E-state index in [1.165, 1.54) is 12.1 Å². The van der Waals surface area contributed by atoms with Crippen LogP contribution in [0.3, 0.4) is 0 Å². The van der Waals surface area contributed by atoms with E-state index in [2.05, 4.69) is 31.6 Å². The maximum atomic E-state index is 14.1. The highest BCUT2D eigenvalue weighted by Crippen LogP contribution is 2.19. The summed E-state index contributed by atoms with van der Waals surface area (Å²) in [4.78, 5) is 72.8. The smallest absolute Gasteiger partial charge is 0.247 e. The minimum absolute atomic E-state index is 0.00692. The number of aliphatic imine (C=N–C) groups is 1. The van der Waals surface area contributed by atoms with Crippen LogP contribution in [0.4, 0.5) is 0 Å². The molecule has 5 amide bonds. The van der Waals surface area contributed by atoms with Crippen molar-refractivity contribution in [1.82, 2.24) is 26.6 Å². The number of nitrogens with two attached hydrogens (primary N) is 2. The molecule has 270 valence electrons. The fourth-order valence-corrected chi connectivity index (χ4v) is 5.91. The van der Waals surface area contributed by atoms with E-state index in [1.807, 2.05) is 42.5 Å². The summed E-state index contributed by atoms with van der Waals surface area (Å²) >= 11 is 0. The standard InChI is InChI=1S/C38H42N8O6/c39-38(40)41-18-6-11-29-35(50)45-30(21-24-12-15-25-7-4-5-10-27(25)19-24)34(49)42-22-32(48)43-31(20-23-13-16-28(47)17-14-23)36(51)46-33(37(52)44-29)26-8-2-1-3-9-26/h1-5,7-10,12-17,19,29-31,33,47H,6,11,18,20-22H2,(H,42,49)(H,43,48)(H,44,52)(H,45,50)(H,46,51)(H4,39,40,41)/t29-,30-,31+,33-/m0/s1. The molecule has 14 heteroatoms. The normalized spacial score (nSPS) is 20.3. The number of phenolic OH excluding ortho intramolecular Hbond substituents is 1. The molecule has 0 bridgehead atoms. The summed E-state index contributed by atoms with van der Waals surface area (Å²) in [5, 5.41) is 25.3. The lowest BCUT2D eigenvalue weighted by molar-refractivity contribution is -0.134. The first kappa shape index (κ1) is 36.8. The summed E-state index contributed by atoms with van der Waals surface area (Å²) in [6, 6.07) is 23.3. The van der Waals surface area contributed by atoms with E-state index in [9.17, 15) is 29.1 Å². The Morgan fingerprint density at radius 2 is 1.27 bits per heavy atom. The second-order valence-corrected chi connectivity index (χ2v) is 12.5. The van der Waals surface area contributed by atoms with Crippen LogP contribution >= 0.6 is 0 Å². The Morgan fingerprint density at radius 3 is 2.00 bits per heavy atom. The summed E-state index contributed by atoms with van der Waals surface area (Å²) in [5.74, 6) is -3.44. The number of rotatable bonds is 9. The molecule has 0 aromatic heterocycles. The minimum atomic E-state index is -1.26. The van der Waals surface area contributed by atoms with Gasteiger partial charge in [-0.3, -0.25) is 29.0 Å². The molecule has 4 atom stereocenters. The molecule has 0 aliphatic carbocycles. The number of hydrogen-bond donors (Lipinski definition) is 8. The molecule has 1 aliphatic rings. The molecule has 10 N–H and O–H groups in total. The second-order valence-electron chi connectivity index (χ2n) is 12.5. The van der Waals surface area contributed by atoms with Gasteiger partial charge in [0, 0.05) is 19.4 Å². The van der Waals surface area contributed by atoms with Gasteiger partial charge in [-0.1, -0.05) is 84.9 Å².